The van der Waals surface area contributed by atoms with E-state index in [0.29, 0.717) is 19.1 Å². The third kappa shape index (κ3) is 4.86. The van der Waals surface area contributed by atoms with Gasteiger partial charge < -0.3 is 14.4 Å². The fourth-order valence-corrected chi connectivity index (χ4v) is 2.96. The highest BCUT2D eigenvalue weighted by molar-refractivity contribution is 5.67. The van der Waals surface area contributed by atoms with E-state index in [1.807, 2.05) is 37.3 Å². The number of benzene rings is 1. The van der Waals surface area contributed by atoms with Crippen LogP contribution in [0, 0.1) is 11.8 Å². The van der Waals surface area contributed by atoms with Crippen LogP contribution >= 0.6 is 0 Å². The van der Waals surface area contributed by atoms with Crippen molar-refractivity contribution in [3.63, 3.8) is 0 Å². The highest BCUT2D eigenvalue weighted by Gasteiger charge is 2.24. The molecule has 1 aromatic rings. The molecule has 120 valence electrons. The summed E-state index contributed by atoms with van der Waals surface area (Å²) in [4.78, 5) is 24.8. The van der Waals surface area contributed by atoms with Gasteiger partial charge in [-0.25, -0.2) is 4.79 Å². The predicted octanol–water partition coefficient (Wildman–Crippen LogP) is 3.65. The molecule has 4 nitrogen and oxygen atoms in total. The number of hydrogen-bond donors (Lipinski definition) is 0. The molecule has 1 aliphatic rings. The lowest BCUT2D eigenvalue weighted by molar-refractivity contribution is -0.112. The van der Waals surface area contributed by atoms with Crippen LogP contribution < -0.4 is 0 Å². The van der Waals surface area contributed by atoms with Crippen LogP contribution in [0.15, 0.2) is 30.3 Å². The van der Waals surface area contributed by atoms with Crippen molar-refractivity contribution in [3.05, 3.63) is 35.9 Å². The first kappa shape index (κ1) is 16.5. The second-order valence-electron chi connectivity index (χ2n) is 6.00. The zero-order valence-corrected chi connectivity index (χ0v) is 13.2. The van der Waals surface area contributed by atoms with Crippen molar-refractivity contribution in [3.8, 4) is 0 Å². The van der Waals surface area contributed by atoms with E-state index in [1.165, 1.54) is 0 Å². The number of nitrogens with zero attached hydrogens (tertiary/aromatic N) is 1. The Morgan fingerprint density at radius 2 is 1.91 bits per heavy atom. The first-order valence-electron chi connectivity index (χ1n) is 8.13. The molecule has 1 saturated carbocycles. The maximum absolute atomic E-state index is 12.2. The molecule has 0 spiro atoms. The summed E-state index contributed by atoms with van der Waals surface area (Å²) in [6.07, 6.45) is 4.76. The van der Waals surface area contributed by atoms with Crippen LogP contribution in [-0.4, -0.2) is 30.4 Å². The smallest absolute Gasteiger partial charge is 0.410 e. The van der Waals surface area contributed by atoms with Crippen LogP contribution in [0.1, 0.15) is 38.2 Å². The van der Waals surface area contributed by atoms with Crippen LogP contribution in [0.2, 0.25) is 0 Å². The quantitative estimate of drug-likeness (QED) is 0.754. The molecule has 0 aromatic heterocycles. The van der Waals surface area contributed by atoms with Crippen LogP contribution in [0.3, 0.4) is 0 Å². The summed E-state index contributed by atoms with van der Waals surface area (Å²) < 4.78 is 5.40. The number of hydrogen-bond acceptors (Lipinski definition) is 3. The molecule has 2 rings (SSSR count). The normalized spacial score (nSPS) is 21.1. The number of carbonyl (C=O) groups excluding carboxylic acids is 2. The van der Waals surface area contributed by atoms with Gasteiger partial charge in [0.05, 0.1) is 0 Å². The van der Waals surface area contributed by atoms with Gasteiger partial charge in [0.2, 0.25) is 0 Å². The van der Waals surface area contributed by atoms with Gasteiger partial charge in [0.25, 0.3) is 0 Å². The van der Waals surface area contributed by atoms with Crippen LogP contribution in [0.4, 0.5) is 4.79 Å². The van der Waals surface area contributed by atoms with Gasteiger partial charge in [-0.05, 0) is 44.1 Å². The summed E-state index contributed by atoms with van der Waals surface area (Å²) in [6.45, 7) is 3.67. The first-order chi connectivity index (χ1) is 10.7. The maximum atomic E-state index is 12.2. The number of rotatable bonds is 6. The van der Waals surface area contributed by atoms with E-state index in [1.54, 1.807) is 4.90 Å². The molecule has 1 aromatic carbocycles. The highest BCUT2D eigenvalue weighted by atomic mass is 16.6. The van der Waals surface area contributed by atoms with E-state index >= 15 is 0 Å². The fourth-order valence-electron chi connectivity index (χ4n) is 2.96. The number of ether oxygens (including phenoxy) is 1. The molecule has 0 heterocycles. The van der Waals surface area contributed by atoms with E-state index < -0.39 is 0 Å². The van der Waals surface area contributed by atoms with Crippen LogP contribution in [0.25, 0.3) is 0 Å². The van der Waals surface area contributed by atoms with Gasteiger partial charge in [-0.3, -0.25) is 0 Å². The molecule has 0 aliphatic heterocycles. The topological polar surface area (TPSA) is 46.6 Å². The van der Waals surface area contributed by atoms with Gasteiger partial charge in [-0.1, -0.05) is 30.3 Å². The summed E-state index contributed by atoms with van der Waals surface area (Å²) in [5.41, 5.74) is 0.999. The average molecular weight is 303 g/mol. The Balaban J connectivity index is 1.78. The van der Waals surface area contributed by atoms with E-state index in [-0.39, 0.29) is 12.0 Å². The molecule has 1 aliphatic carbocycles. The third-order valence-corrected chi connectivity index (χ3v) is 4.41. The standard InChI is InChI=1S/C18H25NO3/c1-2-19(12-15-8-10-16(13-20)11-9-15)18(21)22-14-17-6-4-3-5-7-17/h3-7,13,15-16H,2,8-12,14H2,1H3. The van der Waals surface area contributed by atoms with Crippen molar-refractivity contribution >= 4 is 12.4 Å². The molecular weight excluding hydrogens is 278 g/mol. The van der Waals surface area contributed by atoms with Crippen molar-refractivity contribution < 1.29 is 14.3 Å². The third-order valence-electron chi connectivity index (χ3n) is 4.41. The zero-order chi connectivity index (χ0) is 15.8. The molecule has 0 atom stereocenters. The highest BCUT2D eigenvalue weighted by Crippen LogP contribution is 2.28. The van der Waals surface area contributed by atoms with Crippen molar-refractivity contribution in [1.29, 1.82) is 0 Å². The molecule has 22 heavy (non-hydrogen) atoms. The Morgan fingerprint density at radius 3 is 2.50 bits per heavy atom. The van der Waals surface area contributed by atoms with Gasteiger partial charge in [-0.2, -0.15) is 0 Å². The SMILES string of the molecule is CCN(CC1CCC(C=O)CC1)C(=O)OCc1ccccc1. The summed E-state index contributed by atoms with van der Waals surface area (Å²) >= 11 is 0. The lowest BCUT2D eigenvalue weighted by Crippen LogP contribution is -2.36. The Hall–Kier alpha value is -1.84. The lowest BCUT2D eigenvalue weighted by atomic mass is 9.82. The monoisotopic (exact) mass is 303 g/mol. The van der Waals surface area contributed by atoms with Crippen LogP contribution in [0.5, 0.6) is 0 Å². The van der Waals surface area contributed by atoms with Crippen molar-refractivity contribution in [2.24, 2.45) is 11.8 Å². The summed E-state index contributed by atoms with van der Waals surface area (Å²) in [5, 5.41) is 0. The minimum absolute atomic E-state index is 0.219. The van der Waals surface area contributed by atoms with Crippen molar-refractivity contribution in [1.82, 2.24) is 4.90 Å². The second-order valence-corrected chi connectivity index (χ2v) is 6.00. The average Bonchev–Trinajstić information content (AvgIpc) is 2.59. The van der Waals surface area contributed by atoms with Gasteiger partial charge in [0, 0.05) is 19.0 Å². The lowest BCUT2D eigenvalue weighted by Gasteiger charge is -2.30. The van der Waals surface area contributed by atoms with Crippen molar-refractivity contribution in [2.45, 2.75) is 39.2 Å². The fraction of sp³-hybridized carbons (Fsp3) is 0.556. The molecule has 1 amide bonds. The summed E-state index contributed by atoms with van der Waals surface area (Å²) in [6, 6.07) is 9.71. The van der Waals surface area contributed by atoms with Crippen LogP contribution in [-0.2, 0) is 16.1 Å². The Labute approximate surface area is 132 Å². The number of aldehydes is 1. The zero-order valence-electron chi connectivity index (χ0n) is 13.2. The molecule has 0 N–H and O–H groups in total. The minimum atomic E-state index is -0.246. The van der Waals surface area contributed by atoms with E-state index in [0.717, 1.165) is 44.1 Å². The molecule has 0 saturated heterocycles. The Bertz CT molecular complexity index is 466. The molecule has 1 fully saturated rings. The first-order valence-corrected chi connectivity index (χ1v) is 8.13. The van der Waals surface area contributed by atoms with Gasteiger partial charge in [0.1, 0.15) is 12.9 Å². The minimum Gasteiger partial charge on any atom is -0.445 e. The Kier molecular flexibility index (Phi) is 6.44. The molecule has 0 unspecified atom stereocenters. The maximum Gasteiger partial charge on any atom is 0.410 e. The largest absolute Gasteiger partial charge is 0.445 e. The van der Waals surface area contributed by atoms with Crippen molar-refractivity contribution in [2.75, 3.05) is 13.1 Å². The predicted molar refractivity (Wildman–Crippen MR) is 85.4 cm³/mol. The number of carbonyl (C=O) groups is 2. The van der Waals surface area contributed by atoms with E-state index in [2.05, 4.69) is 0 Å². The molecule has 4 heteroatoms. The van der Waals surface area contributed by atoms with Gasteiger partial charge >= 0.3 is 6.09 Å². The molecule has 0 radical (unpaired) electrons. The summed E-state index contributed by atoms with van der Waals surface area (Å²) in [5.74, 6) is 0.705. The molecular formula is C18H25NO3. The Morgan fingerprint density at radius 1 is 1.23 bits per heavy atom. The second kappa shape index (κ2) is 8.57. The van der Waals surface area contributed by atoms with E-state index in [9.17, 15) is 9.59 Å². The number of amides is 1. The van der Waals surface area contributed by atoms with Gasteiger partial charge in [-0.15, -0.1) is 0 Å². The summed E-state index contributed by atoms with van der Waals surface area (Å²) in [7, 11) is 0. The van der Waals surface area contributed by atoms with Gasteiger partial charge in [0.15, 0.2) is 0 Å². The molecule has 0 bridgehead atoms. The van der Waals surface area contributed by atoms with E-state index in [4.69, 9.17) is 4.74 Å².